The second kappa shape index (κ2) is 8.76. The lowest BCUT2D eigenvalue weighted by molar-refractivity contribution is -0.131. The van der Waals surface area contributed by atoms with Gasteiger partial charge in [0.2, 0.25) is 5.95 Å². The molecule has 0 aliphatic carbocycles. The molecular formula is C22H15ClFN5O2. The van der Waals surface area contributed by atoms with E-state index < -0.39 is 11.8 Å². The van der Waals surface area contributed by atoms with E-state index >= 15 is 0 Å². The van der Waals surface area contributed by atoms with Gasteiger partial charge in [-0.3, -0.25) is 0 Å². The van der Waals surface area contributed by atoms with Crippen LogP contribution in [0.25, 0.3) is 23.0 Å². The van der Waals surface area contributed by atoms with Gasteiger partial charge in [-0.15, -0.1) is 0 Å². The van der Waals surface area contributed by atoms with E-state index in [9.17, 15) is 9.18 Å². The summed E-state index contributed by atoms with van der Waals surface area (Å²) in [4.78, 5) is 19.7. The maximum Gasteiger partial charge on any atom is 0.328 e. The van der Waals surface area contributed by atoms with Crippen LogP contribution in [-0.2, 0) is 4.79 Å². The molecule has 0 saturated heterocycles. The largest absolute Gasteiger partial charge is 0.478 e. The maximum absolute atomic E-state index is 13.4. The van der Waals surface area contributed by atoms with Crippen LogP contribution in [0, 0.1) is 5.82 Å². The van der Waals surface area contributed by atoms with Gasteiger partial charge in [0.1, 0.15) is 5.82 Å². The summed E-state index contributed by atoms with van der Waals surface area (Å²) in [6, 6.07) is 13.3. The molecule has 0 radical (unpaired) electrons. The number of benzene rings is 2. The Morgan fingerprint density at radius 1 is 1.19 bits per heavy atom. The second-order valence-electron chi connectivity index (χ2n) is 6.43. The van der Waals surface area contributed by atoms with Gasteiger partial charge in [0.15, 0.2) is 5.82 Å². The Balaban J connectivity index is 1.74. The van der Waals surface area contributed by atoms with Crippen molar-refractivity contribution in [2.75, 3.05) is 5.32 Å². The van der Waals surface area contributed by atoms with Gasteiger partial charge in [-0.25, -0.2) is 18.9 Å². The number of hydrogen-bond acceptors (Lipinski definition) is 5. The number of nitrogens with zero attached hydrogens (tertiary/aromatic N) is 4. The zero-order valence-corrected chi connectivity index (χ0v) is 16.7. The molecule has 0 aliphatic heterocycles. The van der Waals surface area contributed by atoms with Gasteiger partial charge in [-0.2, -0.15) is 10.1 Å². The Bertz CT molecular complexity index is 1270. The smallest absolute Gasteiger partial charge is 0.328 e. The van der Waals surface area contributed by atoms with Crippen molar-refractivity contribution in [3.05, 3.63) is 89.6 Å². The molecular weight excluding hydrogens is 421 g/mol. The van der Waals surface area contributed by atoms with Crippen molar-refractivity contribution in [1.29, 1.82) is 0 Å². The maximum atomic E-state index is 13.4. The number of halogens is 2. The van der Waals surface area contributed by atoms with Crippen molar-refractivity contribution in [3.63, 3.8) is 0 Å². The fraction of sp³-hybridized carbons (Fsp3) is 0. The molecule has 0 saturated carbocycles. The predicted molar refractivity (Wildman–Crippen MR) is 116 cm³/mol. The first-order valence-electron chi connectivity index (χ1n) is 9.10. The number of nitrogens with one attached hydrogen (secondary N) is 1. The van der Waals surface area contributed by atoms with Crippen molar-refractivity contribution in [2.24, 2.45) is 0 Å². The highest BCUT2D eigenvalue weighted by Crippen LogP contribution is 2.28. The van der Waals surface area contributed by atoms with Crippen LogP contribution < -0.4 is 5.32 Å². The topological polar surface area (TPSA) is 92.9 Å². The van der Waals surface area contributed by atoms with Gasteiger partial charge in [0.05, 0.1) is 5.02 Å². The van der Waals surface area contributed by atoms with E-state index in [4.69, 9.17) is 16.7 Å². The molecule has 0 atom stereocenters. The summed E-state index contributed by atoms with van der Waals surface area (Å²) in [5.41, 5.74) is 2.73. The van der Waals surface area contributed by atoms with E-state index in [0.29, 0.717) is 17.1 Å². The molecule has 7 nitrogen and oxygen atoms in total. The van der Waals surface area contributed by atoms with E-state index in [0.717, 1.165) is 17.2 Å². The van der Waals surface area contributed by atoms with Crippen molar-refractivity contribution < 1.29 is 14.3 Å². The number of carbonyl (C=O) groups is 1. The van der Waals surface area contributed by atoms with Crippen LogP contribution in [0.15, 0.2) is 73.2 Å². The van der Waals surface area contributed by atoms with Crippen LogP contribution in [0.3, 0.4) is 0 Å². The van der Waals surface area contributed by atoms with E-state index in [1.807, 2.05) is 18.2 Å². The zero-order chi connectivity index (χ0) is 21.8. The van der Waals surface area contributed by atoms with Gasteiger partial charge in [0, 0.05) is 35.9 Å². The summed E-state index contributed by atoms with van der Waals surface area (Å²) in [5.74, 6) is -0.756. The number of aromatic nitrogens is 4. The molecule has 9 heteroatoms. The highest BCUT2D eigenvalue weighted by molar-refractivity contribution is 6.31. The van der Waals surface area contributed by atoms with E-state index in [-0.39, 0.29) is 11.0 Å². The molecule has 0 unspecified atom stereocenters. The number of hydrogen-bond donors (Lipinski definition) is 2. The number of carboxylic acid groups (broad SMARTS) is 1. The van der Waals surface area contributed by atoms with Crippen molar-refractivity contribution >= 4 is 35.3 Å². The Morgan fingerprint density at radius 3 is 2.81 bits per heavy atom. The van der Waals surface area contributed by atoms with Crippen LogP contribution in [0.2, 0.25) is 5.02 Å². The van der Waals surface area contributed by atoms with Crippen LogP contribution in [-0.4, -0.2) is 30.8 Å². The van der Waals surface area contributed by atoms with Crippen LogP contribution in [0.4, 0.5) is 16.0 Å². The molecule has 0 spiro atoms. The lowest BCUT2D eigenvalue weighted by Crippen LogP contribution is -2.06. The van der Waals surface area contributed by atoms with E-state index in [1.165, 1.54) is 24.3 Å². The molecule has 4 rings (SSSR count). The molecule has 31 heavy (non-hydrogen) atoms. The van der Waals surface area contributed by atoms with Gasteiger partial charge in [-0.05, 0) is 47.5 Å². The van der Waals surface area contributed by atoms with Gasteiger partial charge < -0.3 is 10.4 Å². The number of rotatable bonds is 6. The summed E-state index contributed by atoms with van der Waals surface area (Å²) in [6.07, 6.45) is 7.60. The average Bonchev–Trinajstić information content (AvgIpc) is 3.30. The summed E-state index contributed by atoms with van der Waals surface area (Å²) in [5, 5.41) is 16.1. The molecule has 2 aromatic heterocycles. The molecule has 0 amide bonds. The second-order valence-corrected chi connectivity index (χ2v) is 6.84. The Kier molecular flexibility index (Phi) is 5.72. The standard InChI is InChI=1S/C22H15ClFN5O2/c23-18-12-16(6-7-19(18)24)27-22-25-13-17(21(28-22)29-10-2-9-26-29)15-4-1-3-14(11-15)5-8-20(30)31/h1-13H,(H,30,31)(H,25,27,28). The molecule has 2 N–H and O–H groups in total. The van der Waals surface area contributed by atoms with Gasteiger partial charge >= 0.3 is 5.97 Å². The van der Waals surface area contributed by atoms with Gasteiger partial charge in [0.25, 0.3) is 0 Å². The minimum absolute atomic E-state index is 0.0137. The van der Waals surface area contributed by atoms with Crippen LogP contribution in [0.1, 0.15) is 5.56 Å². The minimum atomic E-state index is -1.03. The SMILES string of the molecule is O=C(O)C=Cc1cccc(-c2cnc(Nc3ccc(F)c(Cl)c3)nc2-n2cccn2)c1. The lowest BCUT2D eigenvalue weighted by Gasteiger charge is -2.12. The van der Waals surface area contributed by atoms with Crippen LogP contribution in [0.5, 0.6) is 0 Å². The normalized spacial score (nSPS) is 11.0. The fourth-order valence-corrected chi connectivity index (χ4v) is 3.07. The first-order chi connectivity index (χ1) is 15.0. The summed E-state index contributed by atoms with van der Waals surface area (Å²) in [6.45, 7) is 0. The quantitative estimate of drug-likeness (QED) is 0.416. The third-order valence-corrected chi connectivity index (χ3v) is 4.57. The summed E-state index contributed by atoms with van der Waals surface area (Å²) in [7, 11) is 0. The highest BCUT2D eigenvalue weighted by atomic mass is 35.5. The minimum Gasteiger partial charge on any atom is -0.478 e. The van der Waals surface area contributed by atoms with Gasteiger partial charge in [-0.1, -0.05) is 29.8 Å². The highest BCUT2D eigenvalue weighted by Gasteiger charge is 2.13. The molecule has 2 heterocycles. The Morgan fingerprint density at radius 2 is 2.06 bits per heavy atom. The van der Waals surface area contributed by atoms with Crippen molar-refractivity contribution in [2.45, 2.75) is 0 Å². The monoisotopic (exact) mass is 435 g/mol. The molecule has 0 fully saturated rings. The summed E-state index contributed by atoms with van der Waals surface area (Å²) >= 11 is 5.85. The predicted octanol–water partition coefficient (Wildman–Crippen LogP) is 4.96. The third kappa shape index (κ3) is 4.76. The van der Waals surface area contributed by atoms with E-state index in [2.05, 4.69) is 20.4 Å². The van der Waals surface area contributed by atoms with Crippen molar-refractivity contribution in [3.8, 4) is 16.9 Å². The average molecular weight is 436 g/mol. The number of aliphatic carboxylic acids is 1. The molecule has 2 aromatic carbocycles. The fourth-order valence-electron chi connectivity index (χ4n) is 2.89. The first-order valence-corrected chi connectivity index (χ1v) is 9.48. The number of anilines is 2. The molecule has 154 valence electrons. The third-order valence-electron chi connectivity index (χ3n) is 4.28. The Labute approximate surface area is 181 Å². The molecule has 0 aliphatic rings. The zero-order valence-electron chi connectivity index (χ0n) is 15.9. The first kappa shape index (κ1) is 20.2. The lowest BCUT2D eigenvalue weighted by atomic mass is 10.0. The number of carboxylic acids is 1. The summed E-state index contributed by atoms with van der Waals surface area (Å²) < 4.78 is 15.0. The van der Waals surface area contributed by atoms with Crippen molar-refractivity contribution in [1.82, 2.24) is 19.7 Å². The molecule has 0 bridgehead atoms. The molecule has 4 aromatic rings. The Hall–Kier alpha value is -4.04. The van der Waals surface area contributed by atoms with Crippen LogP contribution >= 0.6 is 11.6 Å². The van der Waals surface area contributed by atoms with E-state index in [1.54, 1.807) is 35.4 Å².